The van der Waals surface area contributed by atoms with Crippen molar-refractivity contribution < 1.29 is 13.2 Å². The number of aromatic nitrogens is 2. The molecular weight excluding hydrogens is 327 g/mol. The largest absolute Gasteiger partial charge is 0.416 e. The van der Waals surface area contributed by atoms with Crippen LogP contribution < -0.4 is 10.6 Å². The van der Waals surface area contributed by atoms with Crippen molar-refractivity contribution in [1.29, 1.82) is 0 Å². The smallest absolute Gasteiger partial charge is 0.341 e. The Bertz CT molecular complexity index is 765. The molecule has 2 rings (SSSR count). The van der Waals surface area contributed by atoms with Crippen molar-refractivity contribution in [2.24, 2.45) is 4.99 Å². The number of aliphatic imine (C=N–C) groups is 1. The molecule has 0 amide bonds. The SMILES string of the molecule is CN=CNc1c(Nc2ccc(C(F)(F)F)cc2)[nH]c(C)nc1=S. The predicted octanol–water partition coefficient (Wildman–Crippen LogP) is 4.28. The van der Waals surface area contributed by atoms with Crippen LogP contribution in [0.25, 0.3) is 0 Å². The number of alkyl halides is 3. The van der Waals surface area contributed by atoms with E-state index in [2.05, 4.69) is 25.6 Å². The van der Waals surface area contributed by atoms with Crippen LogP contribution in [0.3, 0.4) is 0 Å². The second-order valence-corrected chi connectivity index (χ2v) is 5.00. The van der Waals surface area contributed by atoms with Gasteiger partial charge in [-0.3, -0.25) is 4.99 Å². The van der Waals surface area contributed by atoms with Crippen molar-refractivity contribution in [3.8, 4) is 0 Å². The van der Waals surface area contributed by atoms with Crippen LogP contribution in [0.1, 0.15) is 11.4 Å². The van der Waals surface area contributed by atoms with Crippen LogP contribution in [0.5, 0.6) is 0 Å². The number of anilines is 3. The molecule has 0 aliphatic carbocycles. The van der Waals surface area contributed by atoms with Crippen molar-refractivity contribution >= 4 is 35.7 Å². The first-order chi connectivity index (χ1) is 10.8. The van der Waals surface area contributed by atoms with E-state index in [-0.39, 0.29) is 0 Å². The molecule has 2 aromatic rings. The van der Waals surface area contributed by atoms with E-state index in [1.165, 1.54) is 18.5 Å². The Kier molecular flexibility index (Phi) is 4.99. The second-order valence-electron chi connectivity index (χ2n) is 4.61. The fourth-order valence-electron chi connectivity index (χ4n) is 1.83. The molecule has 1 aromatic heterocycles. The highest BCUT2D eigenvalue weighted by atomic mass is 32.1. The molecule has 1 heterocycles. The fourth-order valence-corrected chi connectivity index (χ4v) is 2.13. The van der Waals surface area contributed by atoms with Gasteiger partial charge in [0.25, 0.3) is 0 Å². The van der Waals surface area contributed by atoms with Gasteiger partial charge in [0, 0.05) is 12.7 Å². The number of benzene rings is 1. The minimum absolute atomic E-state index is 0.315. The summed E-state index contributed by atoms with van der Waals surface area (Å²) >= 11 is 5.18. The Morgan fingerprint density at radius 1 is 1.26 bits per heavy atom. The Labute approximate surface area is 135 Å². The van der Waals surface area contributed by atoms with Gasteiger partial charge in [-0.1, -0.05) is 12.2 Å². The molecule has 0 saturated carbocycles. The molecule has 0 spiro atoms. The molecule has 0 saturated heterocycles. The van der Waals surface area contributed by atoms with Crippen molar-refractivity contribution in [3.05, 3.63) is 40.3 Å². The number of aromatic amines is 1. The average molecular weight is 341 g/mol. The summed E-state index contributed by atoms with van der Waals surface area (Å²) in [4.78, 5) is 10.9. The van der Waals surface area contributed by atoms with E-state index in [1.54, 1.807) is 14.0 Å². The van der Waals surface area contributed by atoms with Crippen LogP contribution in [-0.2, 0) is 6.18 Å². The number of nitrogens with zero attached hydrogens (tertiary/aromatic N) is 2. The third kappa shape index (κ3) is 4.28. The number of rotatable bonds is 4. The van der Waals surface area contributed by atoms with E-state index in [0.717, 1.165) is 12.1 Å². The van der Waals surface area contributed by atoms with Crippen LogP contribution >= 0.6 is 12.2 Å². The van der Waals surface area contributed by atoms with E-state index >= 15 is 0 Å². The van der Waals surface area contributed by atoms with Crippen LogP contribution in [0.15, 0.2) is 29.3 Å². The molecule has 9 heteroatoms. The van der Waals surface area contributed by atoms with Gasteiger partial charge in [-0.15, -0.1) is 0 Å². The molecule has 0 aliphatic heterocycles. The van der Waals surface area contributed by atoms with E-state index in [1.807, 2.05) is 0 Å². The summed E-state index contributed by atoms with van der Waals surface area (Å²) in [6, 6.07) is 4.69. The maximum Gasteiger partial charge on any atom is 0.416 e. The highest BCUT2D eigenvalue weighted by Crippen LogP contribution is 2.31. The lowest BCUT2D eigenvalue weighted by Gasteiger charge is -2.13. The highest BCUT2D eigenvalue weighted by Gasteiger charge is 2.29. The maximum absolute atomic E-state index is 12.6. The number of hydrogen-bond donors (Lipinski definition) is 3. The van der Waals surface area contributed by atoms with Gasteiger partial charge in [0.2, 0.25) is 0 Å². The lowest BCUT2D eigenvalue weighted by Crippen LogP contribution is -2.07. The van der Waals surface area contributed by atoms with Gasteiger partial charge < -0.3 is 15.6 Å². The number of nitrogens with one attached hydrogen (secondary N) is 3. The zero-order chi connectivity index (χ0) is 17.0. The minimum atomic E-state index is -4.37. The zero-order valence-electron chi connectivity index (χ0n) is 12.3. The van der Waals surface area contributed by atoms with Crippen molar-refractivity contribution in [2.45, 2.75) is 13.1 Å². The maximum atomic E-state index is 12.6. The second kappa shape index (κ2) is 6.78. The summed E-state index contributed by atoms with van der Waals surface area (Å²) in [6.07, 6.45) is -2.93. The quantitative estimate of drug-likeness (QED) is 0.441. The first kappa shape index (κ1) is 16.9. The van der Waals surface area contributed by atoms with Gasteiger partial charge in [0.05, 0.1) is 11.9 Å². The first-order valence-corrected chi connectivity index (χ1v) is 6.94. The summed E-state index contributed by atoms with van der Waals surface area (Å²) in [7, 11) is 1.59. The summed E-state index contributed by atoms with van der Waals surface area (Å²) in [5, 5.41) is 5.87. The number of H-pyrrole nitrogens is 1. The van der Waals surface area contributed by atoms with E-state index in [0.29, 0.717) is 27.7 Å². The van der Waals surface area contributed by atoms with Crippen LogP contribution in [0.4, 0.5) is 30.4 Å². The molecule has 23 heavy (non-hydrogen) atoms. The lowest BCUT2D eigenvalue weighted by molar-refractivity contribution is -0.137. The standard InChI is InChI=1S/C14H14F3N5S/c1-8-20-12(11(13(23)21-8)19-7-18-2)22-10-5-3-9(4-6-10)14(15,16)17/h3-7H,1-2H3,(H,18,19)(H2,20,21,22,23). The summed E-state index contributed by atoms with van der Waals surface area (Å²) < 4.78 is 38.1. The number of hydrogen-bond acceptors (Lipinski definition) is 4. The molecule has 122 valence electrons. The highest BCUT2D eigenvalue weighted by molar-refractivity contribution is 7.71. The number of halogens is 3. The molecule has 0 aliphatic rings. The van der Waals surface area contributed by atoms with E-state index in [9.17, 15) is 13.2 Å². The molecule has 0 bridgehead atoms. The summed E-state index contributed by atoms with van der Waals surface area (Å²) in [6.45, 7) is 1.73. The van der Waals surface area contributed by atoms with Gasteiger partial charge in [-0.05, 0) is 31.2 Å². The van der Waals surface area contributed by atoms with Crippen molar-refractivity contribution in [1.82, 2.24) is 9.97 Å². The Hall–Kier alpha value is -2.42. The van der Waals surface area contributed by atoms with Crippen molar-refractivity contribution in [2.75, 3.05) is 17.7 Å². The molecular formula is C14H14F3N5S. The van der Waals surface area contributed by atoms with Gasteiger partial charge in [0.15, 0.2) is 4.64 Å². The fraction of sp³-hybridized carbons (Fsp3) is 0.214. The molecule has 0 radical (unpaired) electrons. The molecule has 1 aromatic carbocycles. The third-order valence-corrected chi connectivity index (χ3v) is 3.15. The Balaban J connectivity index is 2.34. The normalized spacial score (nSPS) is 11.7. The molecule has 5 nitrogen and oxygen atoms in total. The topological polar surface area (TPSA) is 65.1 Å². The molecule has 0 unspecified atom stereocenters. The average Bonchev–Trinajstić information content (AvgIpc) is 2.46. The molecule has 0 fully saturated rings. The lowest BCUT2D eigenvalue weighted by atomic mass is 10.2. The van der Waals surface area contributed by atoms with E-state index in [4.69, 9.17) is 12.2 Å². The predicted molar refractivity (Wildman–Crippen MR) is 86.9 cm³/mol. The third-order valence-electron chi connectivity index (χ3n) is 2.86. The van der Waals surface area contributed by atoms with Gasteiger partial charge in [-0.2, -0.15) is 13.2 Å². The van der Waals surface area contributed by atoms with Gasteiger partial charge >= 0.3 is 6.18 Å². The Morgan fingerprint density at radius 3 is 2.48 bits per heavy atom. The zero-order valence-corrected chi connectivity index (χ0v) is 13.1. The minimum Gasteiger partial charge on any atom is -0.341 e. The Morgan fingerprint density at radius 2 is 1.91 bits per heavy atom. The summed E-state index contributed by atoms with van der Waals surface area (Å²) in [5.41, 5.74) is 0.250. The van der Waals surface area contributed by atoms with Gasteiger partial charge in [-0.25, -0.2) is 4.98 Å². The van der Waals surface area contributed by atoms with Crippen LogP contribution in [0, 0.1) is 11.6 Å². The van der Waals surface area contributed by atoms with Crippen LogP contribution in [-0.4, -0.2) is 23.4 Å². The first-order valence-electron chi connectivity index (χ1n) is 6.53. The van der Waals surface area contributed by atoms with Crippen LogP contribution in [0.2, 0.25) is 0 Å². The van der Waals surface area contributed by atoms with Gasteiger partial charge in [0.1, 0.15) is 17.3 Å². The summed E-state index contributed by atoms with van der Waals surface area (Å²) in [5.74, 6) is 1.06. The molecule has 0 atom stereocenters. The molecule has 3 N–H and O–H groups in total. The number of aryl methyl sites for hydroxylation is 1. The van der Waals surface area contributed by atoms with E-state index < -0.39 is 11.7 Å². The monoisotopic (exact) mass is 341 g/mol. The van der Waals surface area contributed by atoms with Crippen molar-refractivity contribution in [3.63, 3.8) is 0 Å².